The van der Waals surface area contributed by atoms with Crippen LogP contribution in [0.25, 0.3) is 33.6 Å². The van der Waals surface area contributed by atoms with E-state index in [0.29, 0.717) is 12.5 Å². The lowest BCUT2D eigenvalue weighted by Gasteiger charge is -2.35. The number of nitrogens with zero attached hydrogens (tertiary/aromatic N) is 4. The Bertz CT molecular complexity index is 1950. The number of carbonyl (C=O) groups excluding carboxylic acids is 2. The molecule has 8 rings (SSSR count). The number of amides is 2. The number of ether oxygens (including phenoxy) is 2. The molecule has 1 saturated carbocycles. The van der Waals surface area contributed by atoms with Crippen molar-refractivity contribution in [3.63, 3.8) is 0 Å². The molecule has 2 saturated heterocycles. The topological polar surface area (TPSA) is 116 Å². The number of piperidine rings is 1. The maximum absolute atomic E-state index is 13.2. The van der Waals surface area contributed by atoms with Gasteiger partial charge in [0.05, 0.1) is 35.9 Å². The molecule has 50 heavy (non-hydrogen) atoms. The summed E-state index contributed by atoms with van der Waals surface area (Å²) in [5.74, 6) is 2.06. The number of aryl methyl sites for hydroxylation is 2. The highest BCUT2D eigenvalue weighted by Crippen LogP contribution is 2.50. The van der Waals surface area contributed by atoms with Gasteiger partial charge in [-0.05, 0) is 138 Å². The molecule has 2 aromatic heterocycles. The Balaban J connectivity index is 0.996. The number of H-pyrrole nitrogens is 2. The van der Waals surface area contributed by atoms with Gasteiger partial charge in [-0.3, -0.25) is 9.80 Å². The molecule has 2 bridgehead atoms. The van der Waals surface area contributed by atoms with E-state index >= 15 is 0 Å². The second-order valence-corrected chi connectivity index (χ2v) is 16.5. The fraction of sp³-hybridized carbons (Fsp3) is 0.500. The third kappa shape index (κ3) is 6.07. The van der Waals surface area contributed by atoms with Crippen molar-refractivity contribution in [2.75, 3.05) is 6.54 Å². The zero-order valence-corrected chi connectivity index (χ0v) is 30.0. The van der Waals surface area contributed by atoms with Crippen molar-refractivity contribution in [1.82, 2.24) is 29.7 Å². The summed E-state index contributed by atoms with van der Waals surface area (Å²) < 4.78 is 11.5. The van der Waals surface area contributed by atoms with Crippen LogP contribution in [0.1, 0.15) is 109 Å². The summed E-state index contributed by atoms with van der Waals surface area (Å²) in [5, 5.41) is 0. The molecule has 262 valence electrons. The average molecular weight is 677 g/mol. The zero-order valence-electron chi connectivity index (χ0n) is 30.0. The lowest BCUT2D eigenvalue weighted by molar-refractivity contribution is 0.00613. The Kier molecular flexibility index (Phi) is 7.84. The first kappa shape index (κ1) is 32.6. The van der Waals surface area contributed by atoms with Crippen molar-refractivity contribution in [3.8, 4) is 33.6 Å². The van der Waals surface area contributed by atoms with E-state index in [1.165, 1.54) is 22.3 Å². The minimum Gasteiger partial charge on any atom is -0.444 e. The van der Waals surface area contributed by atoms with Crippen molar-refractivity contribution in [1.29, 1.82) is 0 Å². The molecule has 0 spiro atoms. The van der Waals surface area contributed by atoms with Gasteiger partial charge in [-0.2, -0.15) is 0 Å². The van der Waals surface area contributed by atoms with Crippen molar-refractivity contribution in [2.24, 2.45) is 5.92 Å². The minimum absolute atomic E-state index is 0.0796. The number of fused-ring (bicyclic) bond motifs is 5. The van der Waals surface area contributed by atoms with Crippen LogP contribution >= 0.6 is 0 Å². The number of nitrogens with one attached hydrogen (secondary N) is 2. The molecule has 4 aliphatic rings. The smallest absolute Gasteiger partial charge is 0.411 e. The molecule has 4 atom stereocenters. The zero-order chi connectivity index (χ0) is 34.9. The molecule has 10 heteroatoms. The van der Waals surface area contributed by atoms with E-state index in [1.54, 1.807) is 4.90 Å². The Morgan fingerprint density at radius 1 is 0.760 bits per heavy atom. The third-order valence-electron chi connectivity index (χ3n) is 10.6. The van der Waals surface area contributed by atoms with Gasteiger partial charge < -0.3 is 19.4 Å². The monoisotopic (exact) mass is 676 g/mol. The SMILES string of the molecule is CC(C)(C)OC(=O)N1CCC[C@H]1c1ncc(-c2ccc3c(c2)CCc2cc(-c4cnc([C@@H]5[C@@H]6CC[C@H](C6)N5C(=O)OC(C)(C)C)[nH]4)ccc2-3)[nH]1. The van der Waals surface area contributed by atoms with Gasteiger partial charge >= 0.3 is 12.2 Å². The van der Waals surface area contributed by atoms with Gasteiger partial charge in [0, 0.05) is 12.6 Å². The molecule has 2 aromatic carbocycles. The van der Waals surface area contributed by atoms with Crippen molar-refractivity contribution >= 4 is 12.2 Å². The van der Waals surface area contributed by atoms with Crippen LogP contribution in [0.2, 0.25) is 0 Å². The number of carbonyl (C=O) groups is 2. The van der Waals surface area contributed by atoms with Crippen LogP contribution in [0.3, 0.4) is 0 Å². The molecule has 2 N–H and O–H groups in total. The van der Waals surface area contributed by atoms with Crippen molar-refractivity contribution < 1.29 is 19.1 Å². The lowest BCUT2D eigenvalue weighted by atomic mass is 9.83. The summed E-state index contributed by atoms with van der Waals surface area (Å²) in [5.41, 5.74) is 8.21. The molecule has 3 fully saturated rings. The maximum atomic E-state index is 13.2. The summed E-state index contributed by atoms with van der Waals surface area (Å²) in [6.07, 6.45) is 10.1. The highest BCUT2D eigenvalue weighted by molar-refractivity contribution is 5.79. The average Bonchev–Trinajstić information content (AvgIpc) is 3.90. The summed E-state index contributed by atoms with van der Waals surface area (Å²) in [7, 11) is 0. The van der Waals surface area contributed by atoms with Crippen molar-refractivity contribution in [2.45, 2.75) is 116 Å². The normalized spacial score (nSPS) is 22.8. The Morgan fingerprint density at radius 3 is 1.96 bits per heavy atom. The van der Waals surface area contributed by atoms with E-state index in [1.807, 2.05) is 58.8 Å². The Labute approximate surface area is 294 Å². The lowest BCUT2D eigenvalue weighted by Crippen LogP contribution is -2.43. The molecular formula is C40H48N6O4. The molecular weight excluding hydrogens is 628 g/mol. The van der Waals surface area contributed by atoms with Crippen LogP contribution in [0.4, 0.5) is 9.59 Å². The predicted molar refractivity (Wildman–Crippen MR) is 191 cm³/mol. The standard InChI is InChI=1S/C40H48N6O4/c1-39(2,3)49-37(47)45-17-7-8-33(45)35-41-21-31(43-35)25-12-15-29-23(18-25)9-10-24-19-26(13-16-30(24)29)32-22-42-36(44-32)34-27-11-14-28(20-27)46(34)38(48)50-40(4,5)6/h12-13,15-16,18-19,21-22,27-28,33-34H,7-11,14,17,20H2,1-6H3,(H,41,43)(H,42,44)/t27-,28-,33+,34+/m1/s1. The number of hydrogen-bond donors (Lipinski definition) is 2. The van der Waals surface area contributed by atoms with E-state index in [4.69, 9.17) is 19.4 Å². The molecule has 10 nitrogen and oxygen atoms in total. The predicted octanol–water partition coefficient (Wildman–Crippen LogP) is 8.76. The second kappa shape index (κ2) is 12.0. The largest absolute Gasteiger partial charge is 0.444 e. The summed E-state index contributed by atoms with van der Waals surface area (Å²) in [4.78, 5) is 46.5. The summed E-state index contributed by atoms with van der Waals surface area (Å²) >= 11 is 0. The molecule has 2 aliphatic carbocycles. The molecule has 2 aliphatic heterocycles. The summed E-state index contributed by atoms with van der Waals surface area (Å²) in [6, 6.07) is 13.4. The first-order valence-corrected chi connectivity index (χ1v) is 18.2. The number of hydrogen-bond acceptors (Lipinski definition) is 6. The minimum atomic E-state index is -0.536. The number of imidazole rings is 2. The Hall–Kier alpha value is -4.60. The van der Waals surface area contributed by atoms with Gasteiger partial charge in [0.2, 0.25) is 0 Å². The first-order chi connectivity index (χ1) is 23.8. The molecule has 4 heterocycles. The van der Waals surface area contributed by atoms with Gasteiger partial charge in [-0.1, -0.05) is 24.3 Å². The molecule has 0 radical (unpaired) electrons. The van der Waals surface area contributed by atoms with Crippen LogP contribution in [-0.2, 0) is 22.3 Å². The van der Waals surface area contributed by atoms with Crippen LogP contribution in [0.5, 0.6) is 0 Å². The highest BCUT2D eigenvalue weighted by Gasteiger charge is 2.51. The number of likely N-dealkylation sites (tertiary alicyclic amines) is 2. The Morgan fingerprint density at radius 2 is 1.34 bits per heavy atom. The van der Waals surface area contributed by atoms with Crippen LogP contribution < -0.4 is 0 Å². The van der Waals surface area contributed by atoms with Gasteiger partial charge in [0.15, 0.2) is 0 Å². The third-order valence-corrected chi connectivity index (χ3v) is 10.6. The number of rotatable bonds is 4. The van der Waals surface area contributed by atoms with E-state index in [-0.39, 0.29) is 30.3 Å². The van der Waals surface area contributed by atoms with Gasteiger partial charge in [-0.25, -0.2) is 19.6 Å². The maximum Gasteiger partial charge on any atom is 0.411 e. The van der Waals surface area contributed by atoms with Crippen molar-refractivity contribution in [3.05, 3.63) is 71.6 Å². The highest BCUT2D eigenvalue weighted by atomic mass is 16.6. The quantitative estimate of drug-likeness (QED) is 0.223. The molecule has 2 amide bonds. The van der Waals surface area contributed by atoms with Crippen LogP contribution in [0.15, 0.2) is 48.8 Å². The van der Waals surface area contributed by atoms with Gasteiger partial charge in [0.1, 0.15) is 22.9 Å². The number of aromatic nitrogens is 4. The second-order valence-electron chi connectivity index (χ2n) is 16.5. The fourth-order valence-corrected chi connectivity index (χ4v) is 8.52. The van der Waals surface area contributed by atoms with Crippen LogP contribution in [0, 0.1) is 5.92 Å². The fourth-order valence-electron chi connectivity index (χ4n) is 8.52. The van der Waals surface area contributed by atoms with E-state index < -0.39 is 11.2 Å². The number of benzene rings is 2. The van der Waals surface area contributed by atoms with Gasteiger partial charge in [-0.15, -0.1) is 0 Å². The van der Waals surface area contributed by atoms with E-state index in [0.717, 1.165) is 79.1 Å². The van der Waals surface area contributed by atoms with Crippen LogP contribution in [-0.4, -0.2) is 65.7 Å². The van der Waals surface area contributed by atoms with Gasteiger partial charge in [0.25, 0.3) is 0 Å². The van der Waals surface area contributed by atoms with E-state index in [2.05, 4.69) is 46.4 Å². The summed E-state index contributed by atoms with van der Waals surface area (Å²) in [6.45, 7) is 12.1. The first-order valence-electron chi connectivity index (χ1n) is 18.2. The molecule has 0 unspecified atom stereocenters. The van der Waals surface area contributed by atoms with E-state index in [9.17, 15) is 9.59 Å². The molecule has 4 aromatic rings. The number of aromatic amines is 2.